The number of aromatic amines is 1. The molecule has 6 heterocycles. The zero-order chi connectivity index (χ0) is 60.4. The Labute approximate surface area is 501 Å². The van der Waals surface area contributed by atoms with E-state index in [1.54, 1.807) is 84.9 Å². The Kier molecular flexibility index (Phi) is 20.7. The fourth-order valence-electron chi connectivity index (χ4n) is 10.0. The minimum Gasteiger partial charge on any atom is -0.494 e. The van der Waals surface area contributed by atoms with E-state index in [2.05, 4.69) is 26.9 Å². The van der Waals surface area contributed by atoms with Crippen molar-refractivity contribution < 1.29 is 64.8 Å². The number of carbonyl (C=O) groups is 2. The third kappa shape index (κ3) is 15.6. The van der Waals surface area contributed by atoms with Gasteiger partial charge in [0.05, 0.1) is 37.3 Å². The molecule has 0 radical (unpaired) electrons. The first-order valence-corrected chi connectivity index (χ1v) is 34.8. The summed E-state index contributed by atoms with van der Waals surface area (Å²) < 4.78 is 116. The molecule has 3 aliphatic rings. The van der Waals surface area contributed by atoms with E-state index >= 15 is 17.9 Å². The summed E-state index contributed by atoms with van der Waals surface area (Å²) in [6, 6.07) is 27.3. The lowest BCUT2D eigenvalue weighted by atomic mass is 10.0. The van der Waals surface area contributed by atoms with Crippen LogP contribution in [0.3, 0.4) is 0 Å². The molecule has 3 aromatic heterocycles. The molecule has 0 saturated carbocycles. The highest BCUT2D eigenvalue weighted by Crippen LogP contribution is 2.67. The lowest BCUT2D eigenvalue weighted by Gasteiger charge is -2.28. The van der Waals surface area contributed by atoms with Crippen molar-refractivity contribution in [2.45, 2.75) is 120 Å². The number of anilines is 1. The molecule has 10 atom stereocenters. The number of nitrogens with two attached hydrogens (primary N) is 1. The van der Waals surface area contributed by atoms with Gasteiger partial charge in [0.25, 0.3) is 12.1 Å². The van der Waals surface area contributed by atoms with Crippen LogP contribution >= 0.6 is 36.1 Å². The predicted octanol–water partition coefficient (Wildman–Crippen LogP) is 11.9. The maximum absolute atomic E-state index is 17.4. The molecule has 21 nitrogen and oxygen atoms in total. The number of unbranched alkanes of at least 4 members (excludes halogenated alkanes) is 7. The summed E-state index contributed by atoms with van der Waals surface area (Å²) in [4.78, 5) is 66.3. The summed E-state index contributed by atoms with van der Waals surface area (Å²) in [5, 5.41) is 0. The molecule has 0 amide bonds. The van der Waals surface area contributed by atoms with Gasteiger partial charge in [-0.2, -0.15) is 0 Å². The number of aromatic nitrogens is 6. The van der Waals surface area contributed by atoms with Gasteiger partial charge in [0.15, 0.2) is 23.9 Å². The molecule has 10 rings (SSSR count). The molecular formula is C59H65F2N7O14P2S2. The van der Waals surface area contributed by atoms with Crippen molar-refractivity contribution in [1.82, 2.24) is 29.1 Å². The number of nitrogen functional groups attached to an aromatic ring is 1. The average Bonchev–Trinajstić information content (AvgIpc) is 1.83. The quantitative estimate of drug-likeness (QED) is 0.0276. The Morgan fingerprint density at radius 3 is 1.94 bits per heavy atom. The van der Waals surface area contributed by atoms with E-state index in [0.29, 0.717) is 46.0 Å². The van der Waals surface area contributed by atoms with Crippen molar-refractivity contribution in [3.8, 4) is 17.2 Å². The van der Waals surface area contributed by atoms with Crippen LogP contribution in [0.1, 0.15) is 108 Å². The predicted molar refractivity (Wildman–Crippen MR) is 320 cm³/mol. The second-order valence-electron chi connectivity index (χ2n) is 21.0. The summed E-state index contributed by atoms with van der Waals surface area (Å²) in [7, 11) is 0. The standard InChI is InChI=1S/C59H65F2N7O14P2S2/c1-3-4-5-6-7-8-9-10-29-75-42-25-19-41(20-26-42)58(71)79-44-23-15-39(16-24-44)34-86-84(74)77-30-46-49(60)45(55(80-46)67-28-27-48(69)66-59(67)72)32-83(73,85-33-38-13-21-43(22-14-38)78-57(70)40-17-11-37(2)12-18-40)76-31-47-52(82-84)50(61)56(81-47)68-36-65-51-53(62)63-35-64-54(51)68/h11-28,35-36,45-47,49-50,52,55-56H,3-10,29-34H2,1-2H3,(H2,62,63,64)(H,66,69,72)/t45-,46-,47-,49+,50-,52-,55-,56-,83?,84?/m1/s1. The second kappa shape index (κ2) is 28.5. The van der Waals surface area contributed by atoms with Gasteiger partial charge >= 0.3 is 24.4 Å². The molecule has 3 N–H and O–H groups in total. The maximum atomic E-state index is 17.4. The number of nitrogens with one attached hydrogen (secondary N) is 1. The van der Waals surface area contributed by atoms with Crippen molar-refractivity contribution in [3.63, 3.8) is 0 Å². The van der Waals surface area contributed by atoms with Gasteiger partial charge in [0, 0.05) is 35.8 Å². The van der Waals surface area contributed by atoms with Gasteiger partial charge in [-0.25, -0.2) is 42.7 Å². The van der Waals surface area contributed by atoms with E-state index in [1.807, 2.05) is 6.92 Å². The number of esters is 2. The number of hydrogen-bond donors (Lipinski definition) is 2. The molecule has 27 heteroatoms. The van der Waals surface area contributed by atoms with E-state index in [-0.39, 0.29) is 40.0 Å². The first-order valence-electron chi connectivity index (χ1n) is 28.3. The monoisotopic (exact) mass is 1260 g/mol. The zero-order valence-electron chi connectivity index (χ0n) is 47.1. The molecule has 3 aliphatic heterocycles. The highest BCUT2D eigenvalue weighted by atomic mass is 32.7. The summed E-state index contributed by atoms with van der Waals surface area (Å²) >= 11 is 1.46. The minimum atomic E-state index is -4.69. The van der Waals surface area contributed by atoms with E-state index < -0.39 is 105 Å². The van der Waals surface area contributed by atoms with Crippen molar-refractivity contribution >= 4 is 65.1 Å². The number of halogens is 2. The fraction of sp³-hybridized carbons (Fsp3) is 0.407. The Bertz CT molecular complexity index is 3680. The molecule has 0 spiro atoms. The summed E-state index contributed by atoms with van der Waals surface area (Å²) in [6.07, 6.45) is 0.260. The van der Waals surface area contributed by atoms with Crippen LogP contribution in [0.5, 0.6) is 17.2 Å². The van der Waals surface area contributed by atoms with Crippen molar-refractivity contribution in [3.05, 3.63) is 171 Å². The highest BCUT2D eigenvalue weighted by Gasteiger charge is 2.55. The molecule has 3 fully saturated rings. The second-order valence-corrected chi connectivity index (χ2v) is 29.9. The van der Waals surface area contributed by atoms with Crippen LogP contribution in [0, 0.1) is 12.8 Å². The summed E-state index contributed by atoms with van der Waals surface area (Å²) in [5.41, 5.74) is 7.37. The van der Waals surface area contributed by atoms with E-state index in [4.69, 9.17) is 43.0 Å². The molecule has 2 unspecified atom stereocenters. The Hall–Kier alpha value is -6.53. The number of carbonyl (C=O) groups excluding carboxylic acids is 2. The molecule has 7 aromatic rings. The number of nitrogens with zero attached hydrogens (tertiary/aromatic N) is 5. The summed E-state index contributed by atoms with van der Waals surface area (Å²) in [6.45, 7) is -5.72. The third-order valence-electron chi connectivity index (χ3n) is 14.7. The number of fused-ring (bicyclic) bond motifs is 4. The number of alkyl halides is 2. The molecule has 0 aliphatic carbocycles. The van der Waals surface area contributed by atoms with Crippen LogP contribution in [-0.4, -0.2) is 97.6 Å². The molecule has 456 valence electrons. The van der Waals surface area contributed by atoms with Crippen molar-refractivity contribution in [1.29, 1.82) is 0 Å². The topological polar surface area (TPSA) is 267 Å². The van der Waals surface area contributed by atoms with Gasteiger partial charge in [-0.3, -0.25) is 32.5 Å². The number of aryl methyl sites for hydroxylation is 1. The smallest absolute Gasteiger partial charge is 0.389 e. The SMILES string of the molecule is CCCCCCCCCCOc1ccc(C(=O)Oc2ccc(CSP3(=O)OC[C@H]4O[C@@H](n5ccc(=O)[nH]c5=O)[C@H](CP(=O)(SCc5ccc(OC(=O)c6ccc(C)cc6)cc5)OC[C@H]5O[C@@H](n6cnc7c(N)ncnc76)[C@H](F)[C@@H]5O3)[C@@H]4F)cc2)cc1. The van der Waals surface area contributed by atoms with Gasteiger partial charge in [-0.1, -0.05) is 105 Å². The number of benzene rings is 4. The van der Waals surface area contributed by atoms with Crippen LogP contribution in [0.4, 0.5) is 14.6 Å². The maximum Gasteiger partial charge on any atom is 0.389 e. The number of rotatable bonds is 22. The largest absolute Gasteiger partial charge is 0.494 e. The van der Waals surface area contributed by atoms with Crippen LogP contribution in [-0.2, 0) is 43.7 Å². The van der Waals surface area contributed by atoms with E-state index in [0.717, 1.165) is 52.9 Å². The average molecular weight is 1260 g/mol. The van der Waals surface area contributed by atoms with Crippen LogP contribution in [0.2, 0.25) is 0 Å². The molecule has 86 heavy (non-hydrogen) atoms. The highest BCUT2D eigenvalue weighted by molar-refractivity contribution is 8.56. The molecule has 4 aromatic carbocycles. The van der Waals surface area contributed by atoms with Gasteiger partial charge < -0.3 is 33.9 Å². The molecule has 3 saturated heterocycles. The van der Waals surface area contributed by atoms with E-state index in [1.165, 1.54) is 61.6 Å². The van der Waals surface area contributed by atoms with Crippen LogP contribution in [0.25, 0.3) is 11.2 Å². The zero-order valence-corrected chi connectivity index (χ0v) is 50.5. The summed E-state index contributed by atoms with van der Waals surface area (Å²) in [5.74, 6) is -1.63. The minimum absolute atomic E-state index is 0.00551. The first kappa shape index (κ1) is 62.5. The Balaban J connectivity index is 0.871. The van der Waals surface area contributed by atoms with Gasteiger partial charge in [0.2, 0.25) is 0 Å². The van der Waals surface area contributed by atoms with Crippen molar-refractivity contribution in [2.24, 2.45) is 5.92 Å². The van der Waals surface area contributed by atoms with Crippen LogP contribution < -0.4 is 31.2 Å². The normalized spacial score (nSPS) is 24.9. The lowest BCUT2D eigenvalue weighted by molar-refractivity contribution is -0.0462. The molecular weight excluding hydrogens is 1190 g/mol. The van der Waals surface area contributed by atoms with Crippen molar-refractivity contribution in [2.75, 3.05) is 31.7 Å². The van der Waals surface area contributed by atoms with E-state index in [9.17, 15) is 19.2 Å². The van der Waals surface area contributed by atoms with Gasteiger partial charge in [0.1, 0.15) is 59.8 Å². The lowest BCUT2D eigenvalue weighted by Crippen LogP contribution is -2.35. The third-order valence-corrected chi connectivity index (χ3v) is 23.0. The number of hydrogen-bond acceptors (Lipinski definition) is 20. The molecule has 2 bridgehead atoms. The fourth-order valence-corrected chi connectivity index (χ4v) is 17.8. The number of H-pyrrole nitrogens is 1. The first-order chi connectivity index (χ1) is 41.5. The number of ether oxygens (including phenoxy) is 5. The number of imidazole rings is 1. The van der Waals surface area contributed by atoms with Gasteiger partial charge in [-0.05, 0) is 96.5 Å². The van der Waals surface area contributed by atoms with Gasteiger partial charge in [-0.15, -0.1) is 0 Å². The Morgan fingerprint density at radius 2 is 1.29 bits per heavy atom. The Morgan fingerprint density at radius 1 is 0.698 bits per heavy atom. The van der Waals surface area contributed by atoms with Crippen LogP contribution in [0.15, 0.2) is 132 Å².